The molecule has 0 radical (unpaired) electrons. The summed E-state index contributed by atoms with van der Waals surface area (Å²) in [5, 5.41) is 0. The zero-order valence-electron chi connectivity index (χ0n) is 11.0. The fourth-order valence-electron chi connectivity index (χ4n) is 1.76. The van der Waals surface area contributed by atoms with Crippen LogP contribution in [0.5, 0.6) is 5.75 Å². The van der Waals surface area contributed by atoms with Crippen LogP contribution in [-0.2, 0) is 11.8 Å². The molecule has 3 heteroatoms. The van der Waals surface area contributed by atoms with E-state index in [9.17, 15) is 0 Å². The van der Waals surface area contributed by atoms with Crippen LogP contribution >= 0.6 is 12.2 Å². The van der Waals surface area contributed by atoms with Crippen LogP contribution in [0.15, 0.2) is 18.2 Å². The molecule has 1 aromatic rings. The van der Waals surface area contributed by atoms with Gasteiger partial charge in [-0.15, -0.1) is 0 Å². The molecule has 94 valence electrons. The molecule has 1 aromatic carbocycles. The molecular weight excluding hydrogens is 230 g/mol. The molecule has 0 aliphatic rings. The second-order valence-corrected chi connectivity index (χ2v) is 5.78. The number of hydrogen-bond acceptors (Lipinski definition) is 2. The van der Waals surface area contributed by atoms with E-state index in [2.05, 4.69) is 32.9 Å². The monoisotopic (exact) mass is 251 g/mol. The van der Waals surface area contributed by atoms with E-state index < -0.39 is 0 Å². The van der Waals surface area contributed by atoms with Crippen LogP contribution in [0.25, 0.3) is 0 Å². The molecule has 0 saturated carbocycles. The number of thiocarbonyl (C=S) groups is 1. The van der Waals surface area contributed by atoms with Gasteiger partial charge < -0.3 is 10.5 Å². The Hall–Kier alpha value is -1.09. The Kier molecular flexibility index (Phi) is 4.52. The van der Waals surface area contributed by atoms with Crippen molar-refractivity contribution in [3.8, 4) is 5.75 Å². The fourth-order valence-corrected chi connectivity index (χ4v) is 1.87. The van der Waals surface area contributed by atoms with E-state index in [0.29, 0.717) is 4.99 Å². The van der Waals surface area contributed by atoms with Crippen LogP contribution < -0.4 is 10.5 Å². The van der Waals surface area contributed by atoms with E-state index >= 15 is 0 Å². The highest BCUT2D eigenvalue weighted by Gasteiger charge is 2.19. The molecule has 1 rings (SSSR count). The van der Waals surface area contributed by atoms with Gasteiger partial charge >= 0.3 is 0 Å². The predicted molar refractivity (Wildman–Crippen MR) is 76.8 cm³/mol. The second-order valence-electron chi connectivity index (χ2n) is 5.25. The summed E-state index contributed by atoms with van der Waals surface area (Å²) in [4.78, 5) is 0.568. The quantitative estimate of drug-likeness (QED) is 0.835. The number of nitrogens with two attached hydrogens (primary N) is 1. The average Bonchev–Trinajstić information content (AvgIpc) is 2.24. The average molecular weight is 251 g/mol. The summed E-state index contributed by atoms with van der Waals surface area (Å²) in [7, 11) is 1.71. The third-order valence-corrected chi connectivity index (χ3v) is 2.94. The smallest absolute Gasteiger partial charge is 0.122 e. The first kappa shape index (κ1) is 14.0. The van der Waals surface area contributed by atoms with Gasteiger partial charge in [-0.25, -0.2) is 0 Å². The van der Waals surface area contributed by atoms with Gasteiger partial charge in [0.1, 0.15) is 5.75 Å². The highest BCUT2D eigenvalue weighted by molar-refractivity contribution is 7.80. The fraction of sp³-hybridized carbons (Fsp3) is 0.500. The molecule has 0 heterocycles. The molecule has 0 aliphatic heterocycles. The highest BCUT2D eigenvalue weighted by atomic mass is 32.1. The van der Waals surface area contributed by atoms with Crippen LogP contribution in [0.3, 0.4) is 0 Å². The lowest BCUT2D eigenvalue weighted by Gasteiger charge is -2.23. The number of rotatable bonds is 4. The standard InChI is InChI=1S/C14H21NOS/c1-14(2,3)11-9-10(6-8-13(15)17)5-7-12(11)16-4/h5,7,9H,6,8H2,1-4H3,(H2,15,17). The predicted octanol–water partition coefficient (Wildman–Crippen LogP) is 3.21. The van der Waals surface area contributed by atoms with Gasteiger partial charge in [0.05, 0.1) is 12.1 Å². The molecule has 0 unspecified atom stereocenters. The van der Waals surface area contributed by atoms with Crippen molar-refractivity contribution in [2.24, 2.45) is 5.73 Å². The van der Waals surface area contributed by atoms with Gasteiger partial charge in [-0.3, -0.25) is 0 Å². The summed E-state index contributed by atoms with van der Waals surface area (Å²) in [6.45, 7) is 6.55. The molecule has 0 fully saturated rings. The molecule has 0 amide bonds. The first-order valence-electron chi connectivity index (χ1n) is 5.80. The molecule has 0 atom stereocenters. The minimum Gasteiger partial charge on any atom is -0.496 e. The molecule has 0 aliphatic carbocycles. The Bertz CT molecular complexity index is 407. The first-order valence-corrected chi connectivity index (χ1v) is 6.21. The maximum atomic E-state index is 5.53. The normalized spacial score (nSPS) is 11.3. The van der Waals surface area contributed by atoms with Gasteiger partial charge in [0.2, 0.25) is 0 Å². The Labute approximate surface area is 109 Å². The zero-order valence-corrected chi connectivity index (χ0v) is 11.9. The third kappa shape index (κ3) is 4.00. The van der Waals surface area contributed by atoms with Crippen molar-refractivity contribution in [3.63, 3.8) is 0 Å². The van der Waals surface area contributed by atoms with Crippen LogP contribution in [0.1, 0.15) is 38.3 Å². The van der Waals surface area contributed by atoms with Gasteiger partial charge in [0.15, 0.2) is 0 Å². The maximum absolute atomic E-state index is 5.53. The van der Waals surface area contributed by atoms with E-state index in [1.807, 2.05) is 6.07 Å². The van der Waals surface area contributed by atoms with Crippen molar-refractivity contribution in [2.75, 3.05) is 7.11 Å². The third-order valence-electron chi connectivity index (χ3n) is 2.73. The summed E-state index contributed by atoms with van der Waals surface area (Å²) >= 11 is 4.90. The van der Waals surface area contributed by atoms with E-state index in [1.54, 1.807) is 7.11 Å². The molecule has 2 nitrogen and oxygen atoms in total. The Balaban J connectivity index is 3.01. The van der Waals surface area contributed by atoms with Crippen molar-refractivity contribution in [1.29, 1.82) is 0 Å². The minimum absolute atomic E-state index is 0.0740. The number of benzene rings is 1. The second kappa shape index (κ2) is 5.50. The van der Waals surface area contributed by atoms with Crippen molar-refractivity contribution >= 4 is 17.2 Å². The van der Waals surface area contributed by atoms with Crippen molar-refractivity contribution < 1.29 is 4.74 Å². The Morgan fingerprint density at radius 3 is 2.47 bits per heavy atom. The molecule has 0 spiro atoms. The van der Waals surface area contributed by atoms with Gasteiger partial charge in [-0.05, 0) is 29.0 Å². The number of aryl methyl sites for hydroxylation is 1. The van der Waals surface area contributed by atoms with Gasteiger partial charge in [-0.1, -0.05) is 45.1 Å². The van der Waals surface area contributed by atoms with E-state index in [1.165, 1.54) is 11.1 Å². The van der Waals surface area contributed by atoms with Crippen molar-refractivity contribution in [1.82, 2.24) is 0 Å². The lowest BCUT2D eigenvalue weighted by molar-refractivity contribution is 0.397. The van der Waals surface area contributed by atoms with Gasteiger partial charge in [0.25, 0.3) is 0 Å². The summed E-state index contributed by atoms with van der Waals surface area (Å²) in [6, 6.07) is 6.29. The molecule has 17 heavy (non-hydrogen) atoms. The Morgan fingerprint density at radius 1 is 1.35 bits per heavy atom. The minimum atomic E-state index is 0.0740. The number of ether oxygens (including phenoxy) is 1. The maximum Gasteiger partial charge on any atom is 0.122 e. The van der Waals surface area contributed by atoms with Crippen molar-refractivity contribution in [3.05, 3.63) is 29.3 Å². The van der Waals surface area contributed by atoms with Crippen LogP contribution in [0, 0.1) is 0 Å². The summed E-state index contributed by atoms with van der Waals surface area (Å²) < 4.78 is 5.40. The van der Waals surface area contributed by atoms with E-state index in [4.69, 9.17) is 22.7 Å². The van der Waals surface area contributed by atoms with Gasteiger partial charge in [0, 0.05) is 6.42 Å². The summed E-state index contributed by atoms with van der Waals surface area (Å²) in [5.41, 5.74) is 8.08. The molecule has 0 bridgehead atoms. The summed E-state index contributed by atoms with van der Waals surface area (Å²) in [5.74, 6) is 0.941. The molecule has 2 N–H and O–H groups in total. The SMILES string of the molecule is COc1ccc(CCC(N)=S)cc1C(C)(C)C. The Morgan fingerprint density at radius 2 is 2.00 bits per heavy atom. The lowest BCUT2D eigenvalue weighted by Crippen LogP contribution is -2.14. The van der Waals surface area contributed by atoms with E-state index in [0.717, 1.165) is 18.6 Å². The molecule has 0 aromatic heterocycles. The first-order chi connectivity index (χ1) is 7.84. The topological polar surface area (TPSA) is 35.2 Å². The van der Waals surface area contributed by atoms with Crippen LogP contribution in [0.2, 0.25) is 0 Å². The van der Waals surface area contributed by atoms with Crippen molar-refractivity contribution in [2.45, 2.75) is 39.0 Å². The number of methoxy groups -OCH3 is 1. The zero-order chi connectivity index (χ0) is 13.1. The van der Waals surface area contributed by atoms with Crippen LogP contribution in [-0.4, -0.2) is 12.1 Å². The van der Waals surface area contributed by atoms with Gasteiger partial charge in [-0.2, -0.15) is 0 Å². The molecular formula is C14H21NOS. The van der Waals surface area contributed by atoms with Crippen LogP contribution in [0.4, 0.5) is 0 Å². The molecule has 0 saturated heterocycles. The lowest BCUT2D eigenvalue weighted by atomic mass is 9.85. The largest absolute Gasteiger partial charge is 0.496 e. The van der Waals surface area contributed by atoms with E-state index in [-0.39, 0.29) is 5.41 Å². The summed E-state index contributed by atoms with van der Waals surface area (Å²) in [6.07, 6.45) is 1.65. The number of hydrogen-bond donors (Lipinski definition) is 1. The highest BCUT2D eigenvalue weighted by Crippen LogP contribution is 2.32.